The third-order valence-electron chi connectivity index (χ3n) is 3.17. The third kappa shape index (κ3) is 5.16. The highest BCUT2D eigenvalue weighted by molar-refractivity contribution is 5.91. The van der Waals surface area contributed by atoms with Gasteiger partial charge in [0.1, 0.15) is 0 Å². The van der Waals surface area contributed by atoms with Gasteiger partial charge in [0, 0.05) is 31.9 Å². The average molecular weight is 260 g/mol. The van der Waals surface area contributed by atoms with Gasteiger partial charge in [0.05, 0.1) is 0 Å². The monoisotopic (exact) mass is 260 g/mol. The Hall–Kier alpha value is -1.77. The van der Waals surface area contributed by atoms with Gasteiger partial charge < -0.3 is 10.2 Å². The molecule has 0 aliphatic carbocycles. The molecule has 0 fully saturated rings. The zero-order valence-electron chi connectivity index (χ0n) is 12.3. The fourth-order valence-corrected chi connectivity index (χ4v) is 1.80. The van der Waals surface area contributed by atoms with E-state index in [1.165, 1.54) is 0 Å². The number of benzene rings is 1. The van der Waals surface area contributed by atoms with Crippen molar-refractivity contribution in [1.82, 2.24) is 5.32 Å². The molecule has 104 valence electrons. The molecule has 1 N–H and O–H groups in total. The maximum Gasteiger partial charge on any atom is 0.244 e. The van der Waals surface area contributed by atoms with Gasteiger partial charge in [-0.1, -0.05) is 26.0 Å². The first-order valence-electron chi connectivity index (χ1n) is 6.82. The molecule has 0 bridgehead atoms. The fourth-order valence-electron chi connectivity index (χ4n) is 1.80. The maximum atomic E-state index is 11.7. The normalized spacial score (nSPS) is 11.0. The van der Waals surface area contributed by atoms with E-state index in [0.717, 1.165) is 24.1 Å². The van der Waals surface area contributed by atoms with Crippen molar-refractivity contribution < 1.29 is 4.79 Å². The van der Waals surface area contributed by atoms with E-state index in [1.54, 1.807) is 6.08 Å². The van der Waals surface area contributed by atoms with Crippen molar-refractivity contribution in [2.24, 2.45) is 0 Å². The Kier molecular flexibility index (Phi) is 6.13. The zero-order chi connectivity index (χ0) is 14.3. The van der Waals surface area contributed by atoms with Crippen LogP contribution in [-0.2, 0) is 4.79 Å². The van der Waals surface area contributed by atoms with Crippen molar-refractivity contribution in [3.05, 3.63) is 35.9 Å². The summed E-state index contributed by atoms with van der Waals surface area (Å²) < 4.78 is 0. The van der Waals surface area contributed by atoms with E-state index in [9.17, 15) is 4.79 Å². The van der Waals surface area contributed by atoms with E-state index in [0.29, 0.717) is 0 Å². The van der Waals surface area contributed by atoms with E-state index in [4.69, 9.17) is 0 Å². The average Bonchev–Trinajstić information content (AvgIpc) is 2.43. The van der Waals surface area contributed by atoms with Crippen LogP contribution in [0.25, 0.3) is 6.08 Å². The highest BCUT2D eigenvalue weighted by Gasteiger charge is 2.04. The maximum absolute atomic E-state index is 11.7. The summed E-state index contributed by atoms with van der Waals surface area (Å²) in [5, 5.41) is 2.98. The quantitative estimate of drug-likeness (QED) is 0.797. The molecule has 3 nitrogen and oxygen atoms in total. The first-order valence-corrected chi connectivity index (χ1v) is 6.82. The molecular formula is C16H24N2O. The summed E-state index contributed by atoms with van der Waals surface area (Å²) in [5.74, 6) is -0.0228. The number of nitrogens with zero attached hydrogens (tertiary/aromatic N) is 1. The topological polar surface area (TPSA) is 32.3 Å². The second kappa shape index (κ2) is 7.62. The molecule has 0 unspecified atom stereocenters. The van der Waals surface area contributed by atoms with Crippen molar-refractivity contribution in [3.8, 4) is 0 Å². The molecule has 0 aliphatic heterocycles. The van der Waals surface area contributed by atoms with Crippen LogP contribution >= 0.6 is 0 Å². The van der Waals surface area contributed by atoms with Crippen molar-refractivity contribution in [1.29, 1.82) is 0 Å². The van der Waals surface area contributed by atoms with Crippen LogP contribution < -0.4 is 10.2 Å². The van der Waals surface area contributed by atoms with Crippen molar-refractivity contribution in [2.75, 3.05) is 19.0 Å². The van der Waals surface area contributed by atoms with Crippen LogP contribution in [-0.4, -0.2) is 26.0 Å². The summed E-state index contributed by atoms with van der Waals surface area (Å²) >= 11 is 0. The van der Waals surface area contributed by atoms with Crippen LogP contribution in [0, 0.1) is 0 Å². The minimum atomic E-state index is -0.0228. The molecule has 0 saturated carbocycles. The van der Waals surface area contributed by atoms with Gasteiger partial charge in [-0.25, -0.2) is 0 Å². The Bertz CT molecular complexity index is 417. The number of rotatable bonds is 6. The molecular weight excluding hydrogens is 236 g/mol. The van der Waals surface area contributed by atoms with Crippen molar-refractivity contribution in [3.63, 3.8) is 0 Å². The first kappa shape index (κ1) is 15.3. The molecule has 0 aromatic heterocycles. The molecule has 0 heterocycles. The Morgan fingerprint density at radius 2 is 1.79 bits per heavy atom. The molecule has 1 aromatic carbocycles. The Morgan fingerprint density at radius 3 is 2.26 bits per heavy atom. The standard InChI is InChI=1S/C16H24N2O/c1-5-14(6-2)17-16(19)12-9-13-7-10-15(11-8-13)18(3)4/h7-12,14H,5-6H2,1-4H3,(H,17,19)/b12-9+. The summed E-state index contributed by atoms with van der Waals surface area (Å²) in [6.45, 7) is 4.16. The van der Waals surface area contributed by atoms with Gasteiger partial charge in [-0.3, -0.25) is 4.79 Å². The molecule has 0 atom stereocenters. The predicted molar refractivity (Wildman–Crippen MR) is 82.3 cm³/mol. The van der Waals surface area contributed by atoms with Gasteiger partial charge in [0.25, 0.3) is 0 Å². The molecule has 1 amide bonds. The second-order valence-electron chi connectivity index (χ2n) is 4.84. The SMILES string of the molecule is CCC(CC)NC(=O)/C=C/c1ccc(N(C)C)cc1. The molecule has 0 radical (unpaired) electrons. The van der Waals surface area contributed by atoms with Gasteiger partial charge in [-0.15, -0.1) is 0 Å². The molecule has 0 spiro atoms. The molecule has 0 saturated heterocycles. The van der Waals surface area contributed by atoms with Crippen LogP contribution in [0.1, 0.15) is 32.3 Å². The minimum Gasteiger partial charge on any atom is -0.378 e. The smallest absolute Gasteiger partial charge is 0.244 e. The summed E-state index contributed by atoms with van der Waals surface area (Å²) in [6.07, 6.45) is 5.38. The van der Waals surface area contributed by atoms with E-state index < -0.39 is 0 Å². The van der Waals surface area contributed by atoms with Crippen LogP contribution in [0.2, 0.25) is 0 Å². The number of nitrogens with one attached hydrogen (secondary N) is 1. The number of carbonyl (C=O) groups is 1. The van der Waals surface area contributed by atoms with Gasteiger partial charge in [-0.2, -0.15) is 0 Å². The van der Waals surface area contributed by atoms with Gasteiger partial charge in [0.2, 0.25) is 5.91 Å². The first-order chi connectivity index (χ1) is 9.06. The largest absolute Gasteiger partial charge is 0.378 e. The summed E-state index contributed by atoms with van der Waals surface area (Å²) in [5.41, 5.74) is 2.18. The molecule has 1 rings (SSSR count). The van der Waals surface area contributed by atoms with Crippen LogP contribution in [0.4, 0.5) is 5.69 Å². The van der Waals surface area contributed by atoms with Gasteiger partial charge in [0.15, 0.2) is 0 Å². The molecule has 1 aromatic rings. The number of amides is 1. The predicted octanol–water partition coefficient (Wildman–Crippen LogP) is 3.07. The van der Waals surface area contributed by atoms with E-state index >= 15 is 0 Å². The Labute approximate surface area is 116 Å². The summed E-state index contributed by atoms with van der Waals surface area (Å²) in [6, 6.07) is 8.37. The number of anilines is 1. The lowest BCUT2D eigenvalue weighted by Crippen LogP contribution is -2.32. The fraction of sp³-hybridized carbons (Fsp3) is 0.438. The third-order valence-corrected chi connectivity index (χ3v) is 3.17. The number of hydrogen-bond acceptors (Lipinski definition) is 2. The van der Waals surface area contributed by atoms with E-state index in [2.05, 4.69) is 19.2 Å². The second-order valence-corrected chi connectivity index (χ2v) is 4.84. The zero-order valence-corrected chi connectivity index (χ0v) is 12.3. The lowest BCUT2D eigenvalue weighted by Gasteiger charge is -2.13. The Morgan fingerprint density at radius 1 is 1.21 bits per heavy atom. The molecule has 0 aliphatic rings. The highest BCUT2D eigenvalue weighted by atomic mass is 16.1. The summed E-state index contributed by atoms with van der Waals surface area (Å²) in [7, 11) is 4.02. The molecule has 19 heavy (non-hydrogen) atoms. The van der Waals surface area contributed by atoms with Crippen molar-refractivity contribution >= 4 is 17.7 Å². The highest BCUT2D eigenvalue weighted by Crippen LogP contribution is 2.13. The van der Waals surface area contributed by atoms with Crippen molar-refractivity contribution in [2.45, 2.75) is 32.7 Å². The Balaban J connectivity index is 2.58. The lowest BCUT2D eigenvalue weighted by molar-refractivity contribution is -0.117. The van der Waals surface area contributed by atoms with E-state index in [1.807, 2.05) is 49.3 Å². The van der Waals surface area contributed by atoms with Crippen LogP contribution in [0.5, 0.6) is 0 Å². The van der Waals surface area contributed by atoms with E-state index in [-0.39, 0.29) is 11.9 Å². The van der Waals surface area contributed by atoms with Gasteiger partial charge in [-0.05, 0) is 36.6 Å². The minimum absolute atomic E-state index is 0.0228. The van der Waals surface area contributed by atoms with Crippen LogP contribution in [0.15, 0.2) is 30.3 Å². The molecule has 3 heteroatoms. The lowest BCUT2D eigenvalue weighted by atomic mass is 10.1. The van der Waals surface area contributed by atoms with Crippen LogP contribution in [0.3, 0.4) is 0 Å². The van der Waals surface area contributed by atoms with Gasteiger partial charge >= 0.3 is 0 Å². The number of hydrogen-bond donors (Lipinski definition) is 1. The number of carbonyl (C=O) groups excluding carboxylic acids is 1. The summed E-state index contributed by atoms with van der Waals surface area (Å²) in [4.78, 5) is 13.8.